The fourth-order valence-corrected chi connectivity index (χ4v) is 4.06. The average molecular weight is 576 g/mol. The van der Waals surface area contributed by atoms with E-state index in [0.29, 0.717) is 84.8 Å². The SMILES string of the molecule is NCCOCCOCCOCCOCCOCCOCC#Cc1cccc2c1C(=O)N(C1CCC(=O)NC1=O)C2=O. The smallest absolute Gasteiger partial charge is 0.263 e. The zero-order chi connectivity index (χ0) is 29.3. The summed E-state index contributed by atoms with van der Waals surface area (Å²) in [6, 6.07) is 3.76. The van der Waals surface area contributed by atoms with Crippen LogP contribution in [0.3, 0.4) is 0 Å². The first-order chi connectivity index (χ1) is 20.0. The molecule has 3 N–H and O–H groups in total. The molecule has 0 bridgehead atoms. The first-order valence-electron chi connectivity index (χ1n) is 13.5. The number of nitrogens with zero attached hydrogens (tertiary/aromatic N) is 1. The van der Waals surface area contributed by atoms with Gasteiger partial charge in [-0.05, 0) is 18.6 Å². The number of nitrogens with one attached hydrogen (secondary N) is 1. The zero-order valence-corrected chi connectivity index (χ0v) is 23.0. The molecule has 0 radical (unpaired) electrons. The van der Waals surface area contributed by atoms with Crippen LogP contribution in [0, 0.1) is 11.8 Å². The summed E-state index contributed by atoms with van der Waals surface area (Å²) >= 11 is 0. The van der Waals surface area contributed by atoms with Crippen LogP contribution in [0.4, 0.5) is 0 Å². The highest BCUT2D eigenvalue weighted by molar-refractivity contribution is 6.24. The van der Waals surface area contributed by atoms with Gasteiger partial charge in [0, 0.05) is 18.5 Å². The summed E-state index contributed by atoms with van der Waals surface area (Å²) in [5.74, 6) is 3.47. The van der Waals surface area contributed by atoms with E-state index in [1.54, 1.807) is 12.1 Å². The number of benzene rings is 1. The molecule has 1 aromatic rings. The highest BCUT2D eigenvalue weighted by Crippen LogP contribution is 2.29. The van der Waals surface area contributed by atoms with Crippen LogP contribution in [-0.2, 0) is 38.0 Å². The molecule has 224 valence electrons. The Balaban J connectivity index is 1.24. The lowest BCUT2D eigenvalue weighted by atomic mass is 10.0. The van der Waals surface area contributed by atoms with Gasteiger partial charge in [0.15, 0.2) is 0 Å². The number of carbonyl (C=O) groups excluding carboxylic acids is 4. The molecular formula is C28H37N3O10. The molecule has 13 nitrogen and oxygen atoms in total. The quantitative estimate of drug-likeness (QED) is 0.124. The molecule has 0 saturated carbocycles. The predicted octanol–water partition coefficient (Wildman–Crippen LogP) is -0.502. The van der Waals surface area contributed by atoms with E-state index >= 15 is 0 Å². The fourth-order valence-electron chi connectivity index (χ4n) is 4.06. The topological polar surface area (TPSA) is 165 Å². The zero-order valence-electron chi connectivity index (χ0n) is 23.0. The maximum atomic E-state index is 13.1. The molecule has 1 atom stereocenters. The van der Waals surface area contributed by atoms with Gasteiger partial charge in [-0.15, -0.1) is 0 Å². The van der Waals surface area contributed by atoms with Crippen LogP contribution in [-0.4, -0.2) is 120 Å². The van der Waals surface area contributed by atoms with Crippen molar-refractivity contribution in [3.8, 4) is 11.8 Å². The van der Waals surface area contributed by atoms with Crippen LogP contribution < -0.4 is 11.1 Å². The number of nitrogens with two attached hydrogens (primary N) is 1. The minimum absolute atomic E-state index is 0.0592. The van der Waals surface area contributed by atoms with E-state index in [1.807, 2.05) is 0 Å². The van der Waals surface area contributed by atoms with Crippen molar-refractivity contribution in [3.05, 3.63) is 34.9 Å². The molecule has 2 heterocycles. The van der Waals surface area contributed by atoms with E-state index in [9.17, 15) is 19.2 Å². The van der Waals surface area contributed by atoms with E-state index in [0.717, 1.165) is 4.90 Å². The van der Waals surface area contributed by atoms with Crippen molar-refractivity contribution in [2.24, 2.45) is 5.73 Å². The molecule has 0 spiro atoms. The molecule has 1 fully saturated rings. The molecule has 1 saturated heterocycles. The largest absolute Gasteiger partial charge is 0.378 e. The third-order valence-corrected chi connectivity index (χ3v) is 5.99. The van der Waals surface area contributed by atoms with Gasteiger partial charge < -0.3 is 34.2 Å². The Morgan fingerprint density at radius 1 is 0.780 bits per heavy atom. The highest BCUT2D eigenvalue weighted by atomic mass is 16.6. The Morgan fingerprint density at radius 3 is 1.90 bits per heavy atom. The fraction of sp³-hybridized carbons (Fsp3) is 0.571. The van der Waals surface area contributed by atoms with Crippen LogP contribution in [0.5, 0.6) is 0 Å². The molecule has 2 aliphatic rings. The lowest BCUT2D eigenvalue weighted by molar-refractivity contribution is -0.136. The number of piperidine rings is 1. The van der Waals surface area contributed by atoms with Gasteiger partial charge in [0.2, 0.25) is 11.8 Å². The van der Waals surface area contributed by atoms with Gasteiger partial charge >= 0.3 is 0 Å². The summed E-state index contributed by atoms with van der Waals surface area (Å²) < 4.78 is 32.3. The third-order valence-electron chi connectivity index (χ3n) is 5.99. The van der Waals surface area contributed by atoms with Gasteiger partial charge in [-0.3, -0.25) is 29.4 Å². The van der Waals surface area contributed by atoms with Gasteiger partial charge in [-0.1, -0.05) is 17.9 Å². The average Bonchev–Trinajstić information content (AvgIpc) is 3.22. The number of hydrogen-bond acceptors (Lipinski definition) is 11. The summed E-state index contributed by atoms with van der Waals surface area (Å²) in [5, 5.41) is 2.18. The minimum atomic E-state index is -1.02. The monoisotopic (exact) mass is 575 g/mol. The van der Waals surface area contributed by atoms with Crippen molar-refractivity contribution in [3.63, 3.8) is 0 Å². The van der Waals surface area contributed by atoms with Crippen molar-refractivity contribution in [1.29, 1.82) is 0 Å². The van der Waals surface area contributed by atoms with Crippen molar-refractivity contribution < 1.29 is 47.6 Å². The summed E-state index contributed by atoms with van der Waals surface area (Å²) in [5.41, 5.74) is 6.03. The number of hydrogen-bond donors (Lipinski definition) is 2. The molecule has 0 aromatic heterocycles. The molecule has 4 amide bonds. The maximum Gasteiger partial charge on any atom is 0.263 e. The lowest BCUT2D eigenvalue weighted by Crippen LogP contribution is -2.54. The number of imide groups is 2. The van der Waals surface area contributed by atoms with Gasteiger partial charge in [0.05, 0.1) is 83.8 Å². The van der Waals surface area contributed by atoms with Crippen molar-refractivity contribution in [2.75, 3.05) is 85.8 Å². The molecule has 3 rings (SSSR count). The van der Waals surface area contributed by atoms with Gasteiger partial charge in [-0.2, -0.15) is 0 Å². The molecule has 1 aromatic carbocycles. The van der Waals surface area contributed by atoms with Crippen LogP contribution in [0.25, 0.3) is 0 Å². The summed E-state index contributed by atoms with van der Waals surface area (Å²) in [6.07, 6.45) is 0.153. The first-order valence-corrected chi connectivity index (χ1v) is 13.5. The number of carbonyl (C=O) groups is 4. The number of rotatable bonds is 19. The summed E-state index contributed by atoms with van der Waals surface area (Å²) in [6.45, 7) is 5.60. The Bertz CT molecular complexity index is 1100. The molecular weight excluding hydrogens is 538 g/mol. The second kappa shape index (κ2) is 18.3. The number of ether oxygens (including phenoxy) is 6. The van der Waals surface area contributed by atoms with Crippen molar-refractivity contribution in [2.45, 2.75) is 18.9 Å². The van der Waals surface area contributed by atoms with Crippen LogP contribution in [0.15, 0.2) is 18.2 Å². The maximum absolute atomic E-state index is 13.1. The Labute approximate surface area is 238 Å². The van der Waals surface area contributed by atoms with E-state index in [1.165, 1.54) is 6.07 Å². The van der Waals surface area contributed by atoms with Crippen LogP contribution in [0.2, 0.25) is 0 Å². The summed E-state index contributed by atoms with van der Waals surface area (Å²) in [7, 11) is 0. The van der Waals surface area contributed by atoms with Crippen molar-refractivity contribution >= 4 is 23.6 Å². The summed E-state index contributed by atoms with van der Waals surface area (Å²) in [4.78, 5) is 50.5. The Kier molecular flexibility index (Phi) is 14.4. The molecule has 2 aliphatic heterocycles. The molecule has 1 unspecified atom stereocenters. The highest BCUT2D eigenvalue weighted by Gasteiger charge is 2.45. The first kappa shape index (κ1) is 32.3. The standard InChI is InChI=1S/C28H37N3O10/c29-8-10-37-12-14-39-16-18-41-20-19-40-17-15-38-13-11-36-9-2-4-21-3-1-5-22-25(21)28(35)31(27(22)34)23-6-7-24(32)30-26(23)33/h1,3,5,23H,6-20,29H2,(H,30,32,33). The van der Waals surface area contributed by atoms with Crippen molar-refractivity contribution in [1.82, 2.24) is 10.2 Å². The molecule has 13 heteroatoms. The van der Waals surface area contributed by atoms with E-state index in [4.69, 9.17) is 34.2 Å². The Hall–Kier alpha value is -3.22. The van der Waals surface area contributed by atoms with Gasteiger partial charge in [0.1, 0.15) is 12.6 Å². The van der Waals surface area contributed by atoms with E-state index < -0.39 is 29.7 Å². The molecule has 0 aliphatic carbocycles. The second-order valence-corrected chi connectivity index (χ2v) is 8.88. The van der Waals surface area contributed by atoms with Crippen LogP contribution in [0.1, 0.15) is 39.1 Å². The lowest BCUT2D eigenvalue weighted by Gasteiger charge is -2.27. The normalized spacial score (nSPS) is 16.5. The van der Waals surface area contributed by atoms with E-state index in [-0.39, 0.29) is 30.6 Å². The predicted molar refractivity (Wildman–Crippen MR) is 144 cm³/mol. The second-order valence-electron chi connectivity index (χ2n) is 8.88. The van der Waals surface area contributed by atoms with E-state index in [2.05, 4.69) is 17.2 Å². The third kappa shape index (κ3) is 10.3. The number of amides is 4. The Morgan fingerprint density at radius 2 is 1.34 bits per heavy atom. The minimum Gasteiger partial charge on any atom is -0.378 e. The van der Waals surface area contributed by atoms with Crippen LogP contribution >= 0.6 is 0 Å². The number of fused-ring (bicyclic) bond motifs is 1. The van der Waals surface area contributed by atoms with Gasteiger partial charge in [-0.25, -0.2) is 0 Å². The molecule has 41 heavy (non-hydrogen) atoms. The van der Waals surface area contributed by atoms with Gasteiger partial charge in [0.25, 0.3) is 11.8 Å².